The molecule has 6 nitrogen and oxygen atoms in total. The van der Waals surface area contributed by atoms with Crippen LogP contribution in [-0.2, 0) is 4.79 Å². The van der Waals surface area contributed by atoms with Crippen LogP contribution in [-0.4, -0.2) is 18.0 Å². The van der Waals surface area contributed by atoms with Crippen LogP contribution in [0.1, 0.15) is 33.1 Å². The summed E-state index contributed by atoms with van der Waals surface area (Å²) >= 11 is 6.03. The average molecular weight is 323 g/mol. The molecule has 0 saturated heterocycles. The molecule has 3 N–H and O–H groups in total. The maximum atomic E-state index is 11.9. The zero-order chi connectivity index (χ0) is 16.5. The lowest BCUT2D eigenvalue weighted by atomic mass is 10.2. The van der Waals surface area contributed by atoms with Gasteiger partial charge in [0.2, 0.25) is 5.91 Å². The third-order valence-corrected chi connectivity index (χ3v) is 3.31. The van der Waals surface area contributed by atoms with Gasteiger partial charge in [0.05, 0.1) is 23.2 Å². The molecule has 0 aromatic heterocycles. The molecule has 7 heteroatoms. The van der Waals surface area contributed by atoms with E-state index in [1.807, 2.05) is 13.0 Å². The lowest BCUT2D eigenvalue weighted by molar-refractivity contribution is -0.115. The number of carbonyl (C=O) groups excluding carboxylic acids is 2. The number of hydrogen-bond acceptors (Lipinski definition) is 3. The number of halogens is 1. The Balaban J connectivity index is 2.75. The first-order valence-electron chi connectivity index (χ1n) is 7.04. The molecular formula is C15H19ClN4O2. The van der Waals surface area contributed by atoms with E-state index in [0.29, 0.717) is 29.2 Å². The van der Waals surface area contributed by atoms with Crippen molar-refractivity contribution in [2.24, 2.45) is 0 Å². The highest BCUT2D eigenvalue weighted by molar-refractivity contribution is 6.33. The molecule has 0 radical (unpaired) electrons. The summed E-state index contributed by atoms with van der Waals surface area (Å²) < 4.78 is 0. The number of hydrogen-bond donors (Lipinski definition) is 3. The molecule has 118 valence electrons. The van der Waals surface area contributed by atoms with Crippen molar-refractivity contribution in [2.75, 3.05) is 10.6 Å². The Morgan fingerprint density at radius 1 is 1.32 bits per heavy atom. The lowest BCUT2D eigenvalue weighted by Gasteiger charge is -2.15. The molecule has 0 aliphatic carbocycles. The lowest BCUT2D eigenvalue weighted by Crippen LogP contribution is -2.37. The number of nitrogens with zero attached hydrogens (tertiary/aromatic N) is 1. The molecule has 1 aromatic rings. The molecule has 3 amide bonds. The van der Waals surface area contributed by atoms with Crippen LogP contribution in [0.15, 0.2) is 18.2 Å². The maximum absolute atomic E-state index is 11.9. The van der Waals surface area contributed by atoms with E-state index in [9.17, 15) is 9.59 Å². The number of carbonyl (C=O) groups is 2. The van der Waals surface area contributed by atoms with Crippen LogP contribution in [0.4, 0.5) is 16.2 Å². The third-order valence-electron chi connectivity index (χ3n) is 2.99. The topological polar surface area (TPSA) is 94.0 Å². The summed E-state index contributed by atoms with van der Waals surface area (Å²) in [5.74, 6) is -0.127. The van der Waals surface area contributed by atoms with Gasteiger partial charge in [0.25, 0.3) is 0 Å². The molecule has 1 aromatic carbocycles. The molecular weight excluding hydrogens is 304 g/mol. The van der Waals surface area contributed by atoms with Crippen LogP contribution in [0.3, 0.4) is 0 Å². The zero-order valence-electron chi connectivity index (χ0n) is 12.6. The van der Waals surface area contributed by atoms with Crippen LogP contribution < -0.4 is 16.0 Å². The molecule has 1 rings (SSSR count). The molecule has 0 spiro atoms. The number of urea groups is 1. The Kier molecular flexibility index (Phi) is 7.20. The van der Waals surface area contributed by atoms with E-state index in [2.05, 4.69) is 16.0 Å². The highest BCUT2D eigenvalue weighted by Gasteiger charge is 2.12. The van der Waals surface area contributed by atoms with Gasteiger partial charge in [-0.25, -0.2) is 4.79 Å². The van der Waals surface area contributed by atoms with E-state index in [0.717, 1.165) is 0 Å². The predicted molar refractivity (Wildman–Crippen MR) is 86.8 cm³/mol. The van der Waals surface area contributed by atoms with Crippen LogP contribution >= 0.6 is 11.6 Å². The minimum atomic E-state index is -0.442. The van der Waals surface area contributed by atoms with Crippen molar-refractivity contribution in [1.29, 1.82) is 5.26 Å². The summed E-state index contributed by atoms with van der Waals surface area (Å²) in [6.07, 6.45) is 1.25. The Morgan fingerprint density at radius 2 is 2.05 bits per heavy atom. The van der Waals surface area contributed by atoms with Gasteiger partial charge < -0.3 is 16.0 Å². The minimum absolute atomic E-state index is 0.127. The van der Waals surface area contributed by atoms with E-state index < -0.39 is 6.03 Å². The van der Waals surface area contributed by atoms with E-state index in [-0.39, 0.29) is 18.4 Å². The fourth-order valence-electron chi connectivity index (χ4n) is 1.70. The molecule has 0 aliphatic rings. The third kappa shape index (κ3) is 5.62. The van der Waals surface area contributed by atoms with Gasteiger partial charge >= 0.3 is 6.03 Å². The van der Waals surface area contributed by atoms with E-state index in [4.69, 9.17) is 16.9 Å². The highest BCUT2D eigenvalue weighted by atomic mass is 35.5. The summed E-state index contributed by atoms with van der Waals surface area (Å²) in [6, 6.07) is 6.20. The first-order valence-corrected chi connectivity index (χ1v) is 7.41. The van der Waals surface area contributed by atoms with Crippen LogP contribution in [0.25, 0.3) is 0 Å². The number of nitrogens with one attached hydrogen (secondary N) is 3. The second kappa shape index (κ2) is 8.90. The smallest absolute Gasteiger partial charge is 0.319 e. The minimum Gasteiger partial charge on any atom is -0.334 e. The number of nitriles is 1. The molecule has 0 bridgehead atoms. The standard InChI is InChI=1S/C15H19ClN4O2/c1-3-10(7-8-17)19-15(22)20-13-9-11(5-6-12(13)16)18-14(21)4-2/h5-6,9-10H,3-4,7H2,1-2H3,(H,18,21)(H2,19,20,22)/t10-/m1/s1. The maximum Gasteiger partial charge on any atom is 0.319 e. The summed E-state index contributed by atoms with van der Waals surface area (Å²) in [6.45, 7) is 3.63. The average Bonchev–Trinajstić information content (AvgIpc) is 2.49. The van der Waals surface area contributed by atoms with Gasteiger partial charge in [0.15, 0.2) is 0 Å². The number of rotatable bonds is 6. The normalized spacial score (nSPS) is 11.2. The Morgan fingerprint density at radius 3 is 2.64 bits per heavy atom. The molecule has 0 heterocycles. The van der Waals surface area contributed by atoms with Crippen molar-refractivity contribution in [3.05, 3.63) is 23.2 Å². The van der Waals surface area contributed by atoms with Gasteiger partial charge in [0.1, 0.15) is 0 Å². The monoisotopic (exact) mass is 322 g/mol. The highest BCUT2D eigenvalue weighted by Crippen LogP contribution is 2.25. The van der Waals surface area contributed by atoms with Crippen LogP contribution in [0, 0.1) is 11.3 Å². The van der Waals surface area contributed by atoms with E-state index >= 15 is 0 Å². The Labute approximate surface area is 134 Å². The first kappa shape index (κ1) is 17.8. The van der Waals surface area contributed by atoms with Crippen molar-refractivity contribution in [3.63, 3.8) is 0 Å². The first-order chi connectivity index (χ1) is 10.5. The van der Waals surface area contributed by atoms with Crippen LogP contribution in [0.5, 0.6) is 0 Å². The van der Waals surface area contributed by atoms with Gasteiger partial charge in [-0.3, -0.25) is 4.79 Å². The summed E-state index contributed by atoms with van der Waals surface area (Å²) in [7, 11) is 0. The van der Waals surface area contributed by atoms with Crippen molar-refractivity contribution in [2.45, 2.75) is 39.2 Å². The second-order valence-corrected chi connectivity index (χ2v) is 5.07. The molecule has 0 fully saturated rings. The fraction of sp³-hybridized carbons (Fsp3) is 0.400. The fourth-order valence-corrected chi connectivity index (χ4v) is 1.86. The number of anilines is 2. The van der Waals surface area contributed by atoms with Crippen molar-refractivity contribution in [3.8, 4) is 6.07 Å². The quantitative estimate of drug-likeness (QED) is 0.748. The van der Waals surface area contributed by atoms with Crippen molar-refractivity contribution < 1.29 is 9.59 Å². The van der Waals surface area contributed by atoms with Gasteiger partial charge in [0, 0.05) is 18.2 Å². The summed E-state index contributed by atoms with van der Waals surface area (Å²) in [5, 5.41) is 17.0. The Bertz CT molecular complexity index is 583. The molecule has 0 unspecified atom stereocenters. The number of benzene rings is 1. The number of amides is 3. The van der Waals surface area contributed by atoms with Gasteiger partial charge in [-0.1, -0.05) is 25.4 Å². The predicted octanol–water partition coefficient (Wildman–Crippen LogP) is 3.50. The second-order valence-electron chi connectivity index (χ2n) is 4.66. The summed E-state index contributed by atoms with van der Waals surface area (Å²) in [5.41, 5.74) is 0.940. The molecule has 22 heavy (non-hydrogen) atoms. The SMILES string of the molecule is CCC(=O)Nc1ccc(Cl)c(NC(=O)N[C@H](CC)CC#N)c1. The van der Waals surface area contributed by atoms with Gasteiger partial charge in [-0.15, -0.1) is 0 Å². The molecule has 0 saturated carbocycles. The molecule has 1 atom stereocenters. The van der Waals surface area contributed by atoms with Crippen molar-refractivity contribution >= 4 is 34.9 Å². The van der Waals surface area contributed by atoms with E-state index in [1.54, 1.807) is 25.1 Å². The molecule has 0 aliphatic heterocycles. The largest absolute Gasteiger partial charge is 0.334 e. The van der Waals surface area contributed by atoms with Gasteiger partial charge in [-0.2, -0.15) is 5.26 Å². The summed E-state index contributed by atoms with van der Waals surface area (Å²) in [4.78, 5) is 23.3. The zero-order valence-corrected chi connectivity index (χ0v) is 13.3. The Hall–Kier alpha value is -2.26. The van der Waals surface area contributed by atoms with Crippen molar-refractivity contribution in [1.82, 2.24) is 5.32 Å². The van der Waals surface area contributed by atoms with Gasteiger partial charge in [-0.05, 0) is 24.6 Å². The van der Waals surface area contributed by atoms with Crippen LogP contribution in [0.2, 0.25) is 5.02 Å². The van der Waals surface area contributed by atoms with E-state index in [1.165, 1.54) is 0 Å².